The van der Waals surface area contributed by atoms with E-state index < -0.39 is 5.69 Å². The first-order valence-corrected chi connectivity index (χ1v) is 10.6. The molecule has 1 aromatic carbocycles. The van der Waals surface area contributed by atoms with Gasteiger partial charge in [0, 0.05) is 13.6 Å². The zero-order chi connectivity index (χ0) is 20.3. The quantitative estimate of drug-likeness (QED) is 0.357. The molecule has 0 bridgehead atoms. The van der Waals surface area contributed by atoms with Crippen LogP contribution in [-0.4, -0.2) is 24.9 Å². The van der Waals surface area contributed by atoms with Crippen molar-refractivity contribution in [3.05, 3.63) is 44.1 Å². The number of fused-ring (bicyclic) bond motifs is 2. The average molecular weight is 401 g/mol. The lowest BCUT2D eigenvalue weighted by Gasteiger charge is -2.15. The molecule has 0 atom stereocenters. The van der Waals surface area contributed by atoms with Crippen molar-refractivity contribution in [2.45, 2.75) is 58.9 Å². The van der Waals surface area contributed by atoms with Crippen molar-refractivity contribution in [2.24, 2.45) is 7.05 Å². The van der Waals surface area contributed by atoms with Crippen LogP contribution < -0.4 is 11.2 Å². The Balaban J connectivity index is 1.90. The van der Waals surface area contributed by atoms with Gasteiger partial charge >= 0.3 is 5.69 Å². The van der Waals surface area contributed by atoms with E-state index >= 15 is 0 Å². The Morgan fingerprint density at radius 2 is 1.57 bits per heavy atom. The van der Waals surface area contributed by atoms with Gasteiger partial charge in [0.1, 0.15) is 0 Å². The number of unbranched alkanes of at least 4 members (excludes halogenated alkanes) is 5. The number of hydrogen-bond acceptors (Lipinski definition) is 5. The molecule has 28 heavy (non-hydrogen) atoms. The lowest BCUT2D eigenvalue weighted by molar-refractivity contribution is 0.533. The Kier molecular flexibility index (Phi) is 6.54. The fourth-order valence-corrected chi connectivity index (χ4v) is 3.73. The van der Waals surface area contributed by atoms with Crippen LogP contribution in [0.2, 0.25) is 0 Å². The molecular formula is C21H28N4O2S. The summed E-state index contributed by atoms with van der Waals surface area (Å²) < 4.78 is 3.02. The minimum atomic E-state index is -0.492. The van der Waals surface area contributed by atoms with Crippen molar-refractivity contribution in [3.63, 3.8) is 0 Å². The minimum absolute atomic E-state index is 0.256. The third-order valence-electron chi connectivity index (χ3n) is 5.38. The van der Waals surface area contributed by atoms with Crippen LogP contribution in [0.1, 0.15) is 49.7 Å². The number of hydrogen-bond donors (Lipinski definition) is 1. The van der Waals surface area contributed by atoms with E-state index in [9.17, 15) is 9.59 Å². The van der Waals surface area contributed by atoms with Crippen molar-refractivity contribution in [2.75, 3.05) is 5.75 Å². The molecule has 0 saturated carbocycles. The van der Waals surface area contributed by atoms with Crippen molar-refractivity contribution >= 4 is 23.7 Å². The highest BCUT2D eigenvalue weighted by Crippen LogP contribution is 2.22. The second-order valence-corrected chi connectivity index (χ2v) is 7.91. The number of aryl methyl sites for hydroxylation is 3. The van der Waals surface area contributed by atoms with Crippen molar-refractivity contribution in [3.8, 4) is 11.5 Å². The zero-order valence-electron chi connectivity index (χ0n) is 16.9. The van der Waals surface area contributed by atoms with Gasteiger partial charge in [0.25, 0.3) is 5.56 Å². The molecule has 0 unspecified atom stereocenters. The summed E-state index contributed by atoms with van der Waals surface area (Å²) in [7, 11) is 1.82. The van der Waals surface area contributed by atoms with Gasteiger partial charge in [-0.1, -0.05) is 25.7 Å². The van der Waals surface area contributed by atoms with Gasteiger partial charge in [-0.15, -0.1) is 0 Å². The molecule has 3 rings (SSSR count). The molecule has 0 saturated heterocycles. The summed E-state index contributed by atoms with van der Waals surface area (Å²) in [4.78, 5) is 34.1. The highest BCUT2D eigenvalue weighted by molar-refractivity contribution is 7.80. The number of rotatable bonds is 8. The van der Waals surface area contributed by atoms with E-state index in [4.69, 9.17) is 0 Å². The highest BCUT2D eigenvalue weighted by Gasteiger charge is 2.20. The molecule has 0 amide bonds. The Morgan fingerprint density at radius 1 is 0.929 bits per heavy atom. The van der Waals surface area contributed by atoms with Crippen LogP contribution in [0.3, 0.4) is 0 Å². The molecular weight excluding hydrogens is 372 g/mol. The fourth-order valence-electron chi connectivity index (χ4n) is 3.51. The largest absolute Gasteiger partial charge is 0.352 e. The number of benzene rings is 1. The average Bonchev–Trinajstić information content (AvgIpc) is 2.66. The molecule has 0 spiro atoms. The van der Waals surface area contributed by atoms with Gasteiger partial charge in [0.2, 0.25) is 0 Å². The predicted molar refractivity (Wildman–Crippen MR) is 117 cm³/mol. The first-order valence-electron chi connectivity index (χ1n) is 9.93. The molecule has 0 fully saturated rings. The third kappa shape index (κ3) is 4.14. The van der Waals surface area contributed by atoms with Gasteiger partial charge in [0.15, 0.2) is 11.5 Å². The van der Waals surface area contributed by atoms with Gasteiger partial charge < -0.3 is 4.57 Å². The second kappa shape index (κ2) is 8.90. The third-order valence-corrected chi connectivity index (χ3v) is 5.70. The van der Waals surface area contributed by atoms with Gasteiger partial charge in [-0.3, -0.25) is 9.36 Å². The standard InChI is InChI=1S/C21H28N4O2S/c1-14-12-16-17(13-15(14)2)24(3)19-18(22-16)20(26)25(21(27)23-19)10-8-6-4-5-7-9-11-28/h12-13,28H,4-11H2,1-3H3. The first kappa shape index (κ1) is 20.6. The van der Waals surface area contributed by atoms with Gasteiger partial charge in [0.05, 0.1) is 11.0 Å². The summed E-state index contributed by atoms with van der Waals surface area (Å²) in [6, 6.07) is 3.99. The Labute approximate surface area is 170 Å². The lowest BCUT2D eigenvalue weighted by atomic mass is 10.1. The second-order valence-electron chi connectivity index (χ2n) is 7.46. The Morgan fingerprint density at radius 3 is 2.29 bits per heavy atom. The van der Waals surface area contributed by atoms with Crippen molar-refractivity contribution in [1.82, 2.24) is 19.1 Å². The van der Waals surface area contributed by atoms with Crippen LogP contribution in [0.4, 0.5) is 0 Å². The molecule has 2 aliphatic rings. The molecule has 6 nitrogen and oxygen atoms in total. The Bertz CT molecular complexity index is 1070. The monoisotopic (exact) mass is 400 g/mol. The summed E-state index contributed by atoms with van der Waals surface area (Å²) in [5, 5.41) is 0. The van der Waals surface area contributed by atoms with Crippen LogP contribution in [0.15, 0.2) is 21.7 Å². The van der Waals surface area contributed by atoms with E-state index in [1.165, 1.54) is 11.0 Å². The van der Waals surface area contributed by atoms with Gasteiger partial charge in [-0.2, -0.15) is 17.6 Å². The van der Waals surface area contributed by atoms with E-state index in [1.807, 2.05) is 33.0 Å². The minimum Gasteiger partial charge on any atom is -0.325 e. The molecule has 0 aromatic heterocycles. The molecule has 2 heterocycles. The normalized spacial score (nSPS) is 11.6. The van der Waals surface area contributed by atoms with E-state index in [2.05, 4.69) is 22.6 Å². The maximum atomic E-state index is 12.9. The smallest absolute Gasteiger partial charge is 0.325 e. The topological polar surface area (TPSA) is 69.8 Å². The van der Waals surface area contributed by atoms with Gasteiger partial charge in [-0.05, 0) is 55.7 Å². The van der Waals surface area contributed by atoms with Crippen LogP contribution in [-0.2, 0) is 13.6 Å². The first-order chi connectivity index (χ1) is 13.4. The SMILES string of the molecule is Cc1cc2nc3c(=O)n(CCCCCCCCS)c(=O)nc-3n(C)c2cc1C. The molecule has 1 aromatic rings. The summed E-state index contributed by atoms with van der Waals surface area (Å²) in [6.07, 6.45) is 6.37. The summed E-state index contributed by atoms with van der Waals surface area (Å²) in [6.45, 7) is 4.44. The maximum absolute atomic E-state index is 12.9. The summed E-state index contributed by atoms with van der Waals surface area (Å²) in [5.74, 6) is 1.27. The van der Waals surface area contributed by atoms with E-state index in [1.54, 1.807) is 4.57 Å². The van der Waals surface area contributed by atoms with Crippen LogP contribution in [0.25, 0.3) is 22.6 Å². The van der Waals surface area contributed by atoms with Crippen LogP contribution in [0, 0.1) is 13.8 Å². The molecule has 150 valence electrons. The molecule has 0 N–H and O–H groups in total. The highest BCUT2D eigenvalue weighted by atomic mass is 32.1. The Hall–Kier alpha value is -2.15. The van der Waals surface area contributed by atoms with Crippen molar-refractivity contribution in [1.29, 1.82) is 0 Å². The van der Waals surface area contributed by atoms with E-state index in [-0.39, 0.29) is 11.3 Å². The number of nitrogens with zero attached hydrogens (tertiary/aromatic N) is 4. The van der Waals surface area contributed by atoms with Crippen LogP contribution >= 0.6 is 12.6 Å². The maximum Gasteiger partial charge on any atom is 0.352 e. The lowest BCUT2D eigenvalue weighted by Crippen LogP contribution is -2.38. The van der Waals surface area contributed by atoms with E-state index in [0.29, 0.717) is 12.4 Å². The number of aromatic nitrogens is 4. The number of thiol groups is 1. The summed E-state index contributed by atoms with van der Waals surface area (Å²) in [5.41, 5.74) is 3.27. The van der Waals surface area contributed by atoms with Gasteiger partial charge in [-0.25, -0.2) is 9.78 Å². The van der Waals surface area contributed by atoms with Crippen molar-refractivity contribution < 1.29 is 0 Å². The molecule has 7 heteroatoms. The molecule has 2 aliphatic heterocycles. The zero-order valence-corrected chi connectivity index (χ0v) is 17.8. The van der Waals surface area contributed by atoms with E-state index in [0.717, 1.165) is 60.0 Å². The fraction of sp³-hybridized carbons (Fsp3) is 0.524. The molecule has 0 radical (unpaired) electrons. The molecule has 0 aliphatic carbocycles. The van der Waals surface area contributed by atoms with Crippen LogP contribution in [0.5, 0.6) is 0 Å². The predicted octanol–water partition coefficient (Wildman–Crippen LogP) is 3.48. The summed E-state index contributed by atoms with van der Waals surface area (Å²) >= 11 is 4.22.